The highest BCUT2D eigenvalue weighted by molar-refractivity contribution is 6.01. The number of methoxy groups -OCH3 is 1. The zero-order valence-corrected chi connectivity index (χ0v) is 21.0. The van der Waals surface area contributed by atoms with Crippen LogP contribution in [-0.2, 0) is 6.42 Å². The molecule has 1 saturated heterocycles. The summed E-state index contributed by atoms with van der Waals surface area (Å²) < 4.78 is 5.30. The van der Waals surface area contributed by atoms with Gasteiger partial charge in [0.1, 0.15) is 17.4 Å². The first-order chi connectivity index (χ1) is 17.5. The molecule has 1 aliphatic heterocycles. The van der Waals surface area contributed by atoms with E-state index in [-0.39, 0.29) is 6.03 Å². The van der Waals surface area contributed by atoms with Crippen LogP contribution in [-0.4, -0.2) is 54.2 Å². The van der Waals surface area contributed by atoms with Crippen molar-refractivity contribution in [1.29, 1.82) is 0 Å². The largest absolute Gasteiger partial charge is 0.497 e. The monoisotopic (exact) mass is 481 g/mol. The Morgan fingerprint density at radius 3 is 2.39 bits per heavy atom. The van der Waals surface area contributed by atoms with Crippen molar-refractivity contribution < 1.29 is 9.53 Å². The lowest BCUT2D eigenvalue weighted by atomic mass is 10.0. The summed E-state index contributed by atoms with van der Waals surface area (Å²) >= 11 is 0. The van der Waals surface area contributed by atoms with Crippen molar-refractivity contribution in [3.8, 4) is 5.75 Å². The number of aromatic nitrogens is 2. The molecule has 0 unspecified atom stereocenters. The number of amides is 2. The first-order valence-electron chi connectivity index (χ1n) is 12.3. The normalized spacial score (nSPS) is 13.6. The molecule has 1 aromatic heterocycles. The van der Waals surface area contributed by atoms with Crippen molar-refractivity contribution in [2.45, 2.75) is 20.3 Å². The molecule has 0 saturated carbocycles. The van der Waals surface area contributed by atoms with E-state index < -0.39 is 0 Å². The van der Waals surface area contributed by atoms with Gasteiger partial charge >= 0.3 is 6.03 Å². The molecule has 1 N–H and O–H groups in total. The van der Waals surface area contributed by atoms with E-state index in [4.69, 9.17) is 9.72 Å². The molecule has 0 bridgehead atoms. The number of fused-ring (bicyclic) bond motifs is 1. The van der Waals surface area contributed by atoms with Gasteiger partial charge < -0.3 is 19.9 Å². The fraction of sp³-hybridized carbons (Fsp3) is 0.276. The average molecular weight is 482 g/mol. The topological polar surface area (TPSA) is 70.6 Å². The maximum Gasteiger partial charge on any atom is 0.321 e. The molecule has 2 amide bonds. The number of anilines is 2. The first kappa shape index (κ1) is 23.6. The molecular formula is C29H31N5O2. The third-order valence-electron chi connectivity index (χ3n) is 6.74. The van der Waals surface area contributed by atoms with Crippen LogP contribution in [0.25, 0.3) is 10.8 Å². The number of urea groups is 1. The van der Waals surface area contributed by atoms with Crippen molar-refractivity contribution in [1.82, 2.24) is 14.9 Å². The van der Waals surface area contributed by atoms with Gasteiger partial charge in [0.05, 0.1) is 12.8 Å². The molecule has 0 spiro atoms. The Bertz CT molecular complexity index is 1370. The van der Waals surface area contributed by atoms with Gasteiger partial charge in [-0.05, 0) is 43.0 Å². The summed E-state index contributed by atoms with van der Waals surface area (Å²) in [5, 5.41) is 5.27. The maximum absolute atomic E-state index is 13.1. The molecule has 7 heteroatoms. The molecular weight excluding hydrogens is 450 g/mol. The van der Waals surface area contributed by atoms with Crippen LogP contribution in [0.4, 0.5) is 16.3 Å². The summed E-state index contributed by atoms with van der Waals surface area (Å²) in [5.41, 5.74) is 4.13. The van der Waals surface area contributed by atoms with Crippen LogP contribution in [0, 0.1) is 13.8 Å². The minimum absolute atomic E-state index is 0.0699. The van der Waals surface area contributed by atoms with Crippen LogP contribution >= 0.6 is 0 Å². The minimum atomic E-state index is -0.0699. The molecule has 7 nitrogen and oxygen atoms in total. The summed E-state index contributed by atoms with van der Waals surface area (Å²) in [6, 6.07) is 22.1. The van der Waals surface area contributed by atoms with Gasteiger partial charge in [-0.2, -0.15) is 0 Å². The number of carbonyl (C=O) groups excluding carboxylic acids is 1. The fourth-order valence-corrected chi connectivity index (χ4v) is 4.78. The van der Waals surface area contributed by atoms with E-state index >= 15 is 0 Å². The number of nitrogens with one attached hydrogen (secondary N) is 1. The fourth-order valence-electron chi connectivity index (χ4n) is 4.78. The number of carbonyl (C=O) groups is 1. The predicted octanol–water partition coefficient (Wildman–Crippen LogP) is 5.20. The van der Waals surface area contributed by atoms with Crippen LogP contribution in [0.15, 0.2) is 66.7 Å². The van der Waals surface area contributed by atoms with Crippen molar-refractivity contribution in [3.05, 3.63) is 89.4 Å². The quantitative estimate of drug-likeness (QED) is 0.424. The second-order valence-corrected chi connectivity index (χ2v) is 9.11. The summed E-state index contributed by atoms with van der Waals surface area (Å²) in [5.74, 6) is 2.57. The summed E-state index contributed by atoms with van der Waals surface area (Å²) in [6.45, 7) is 6.66. The maximum atomic E-state index is 13.1. The molecule has 1 fully saturated rings. The molecule has 36 heavy (non-hydrogen) atoms. The van der Waals surface area contributed by atoms with Crippen molar-refractivity contribution in [2.24, 2.45) is 0 Å². The van der Waals surface area contributed by atoms with Gasteiger partial charge in [-0.25, -0.2) is 14.8 Å². The lowest BCUT2D eigenvalue weighted by Crippen LogP contribution is -2.50. The number of piperazine rings is 1. The Morgan fingerprint density at radius 1 is 0.917 bits per heavy atom. The van der Waals surface area contributed by atoms with Crippen LogP contribution in [0.5, 0.6) is 5.75 Å². The van der Waals surface area contributed by atoms with Crippen LogP contribution < -0.4 is 15.0 Å². The number of ether oxygens (including phenoxy) is 1. The summed E-state index contributed by atoms with van der Waals surface area (Å²) in [4.78, 5) is 26.7. The molecule has 3 aromatic carbocycles. The van der Waals surface area contributed by atoms with Gasteiger partial charge in [-0.1, -0.05) is 48.5 Å². The van der Waals surface area contributed by atoms with Crippen molar-refractivity contribution in [2.75, 3.05) is 43.5 Å². The molecule has 184 valence electrons. The summed E-state index contributed by atoms with van der Waals surface area (Å²) in [6.07, 6.45) is 0.743. The Kier molecular flexibility index (Phi) is 6.71. The molecule has 5 rings (SSSR count). The minimum Gasteiger partial charge on any atom is -0.497 e. The van der Waals surface area contributed by atoms with Gasteiger partial charge in [0.15, 0.2) is 0 Å². The lowest BCUT2D eigenvalue weighted by Gasteiger charge is -2.36. The standard InChI is InChI=1S/C29H31N5O2/c1-20-26(19-22-11-13-24(36-3)14-12-22)28(31-21(2)30-20)33-15-17-34(18-16-33)29(35)32-27-10-6-8-23-7-4-5-9-25(23)27/h4-14H,15-19H2,1-3H3,(H,32,35). The highest BCUT2D eigenvalue weighted by Gasteiger charge is 2.25. The third-order valence-corrected chi connectivity index (χ3v) is 6.74. The van der Waals surface area contributed by atoms with E-state index in [1.165, 1.54) is 5.56 Å². The van der Waals surface area contributed by atoms with Crippen LogP contribution in [0.2, 0.25) is 0 Å². The number of hydrogen-bond donors (Lipinski definition) is 1. The van der Waals surface area contributed by atoms with Crippen molar-refractivity contribution in [3.63, 3.8) is 0 Å². The molecule has 1 aliphatic rings. The van der Waals surface area contributed by atoms with Gasteiger partial charge in [-0.3, -0.25) is 0 Å². The smallest absolute Gasteiger partial charge is 0.321 e. The van der Waals surface area contributed by atoms with E-state index in [0.717, 1.165) is 51.5 Å². The van der Waals surface area contributed by atoms with E-state index in [0.29, 0.717) is 26.2 Å². The Hall–Kier alpha value is -4.13. The predicted molar refractivity (Wildman–Crippen MR) is 144 cm³/mol. The van der Waals surface area contributed by atoms with Crippen LogP contribution in [0.3, 0.4) is 0 Å². The number of aryl methyl sites for hydroxylation is 2. The molecule has 4 aromatic rings. The van der Waals surface area contributed by atoms with E-state index in [2.05, 4.69) is 39.5 Å². The molecule has 0 atom stereocenters. The summed E-state index contributed by atoms with van der Waals surface area (Å²) in [7, 11) is 1.67. The van der Waals surface area contributed by atoms with Gasteiger partial charge in [0, 0.05) is 49.2 Å². The Balaban J connectivity index is 1.29. The SMILES string of the molecule is COc1ccc(Cc2c(C)nc(C)nc2N2CCN(C(=O)Nc3cccc4ccccc34)CC2)cc1. The highest BCUT2D eigenvalue weighted by Crippen LogP contribution is 2.27. The average Bonchev–Trinajstić information content (AvgIpc) is 2.91. The van der Waals surface area contributed by atoms with Crippen molar-refractivity contribution >= 4 is 28.3 Å². The zero-order chi connectivity index (χ0) is 25.1. The second-order valence-electron chi connectivity index (χ2n) is 9.11. The number of hydrogen-bond acceptors (Lipinski definition) is 5. The van der Waals surface area contributed by atoms with Gasteiger partial charge in [-0.15, -0.1) is 0 Å². The highest BCUT2D eigenvalue weighted by atomic mass is 16.5. The third kappa shape index (κ3) is 4.96. The van der Waals surface area contributed by atoms with E-state index in [1.807, 2.05) is 61.2 Å². The second kappa shape index (κ2) is 10.2. The molecule has 0 radical (unpaired) electrons. The van der Waals surface area contributed by atoms with Gasteiger partial charge in [0.2, 0.25) is 0 Å². The lowest BCUT2D eigenvalue weighted by molar-refractivity contribution is 0.208. The Labute approximate surface area is 211 Å². The first-order valence-corrected chi connectivity index (χ1v) is 12.3. The number of nitrogens with zero attached hydrogens (tertiary/aromatic N) is 4. The number of benzene rings is 3. The van der Waals surface area contributed by atoms with E-state index in [9.17, 15) is 4.79 Å². The van der Waals surface area contributed by atoms with Crippen LogP contribution in [0.1, 0.15) is 22.6 Å². The Morgan fingerprint density at radius 2 is 1.64 bits per heavy atom. The van der Waals surface area contributed by atoms with Gasteiger partial charge in [0.25, 0.3) is 0 Å². The molecule has 2 heterocycles. The number of rotatable bonds is 5. The molecule has 0 aliphatic carbocycles. The zero-order valence-electron chi connectivity index (χ0n) is 21.0. The van der Waals surface area contributed by atoms with E-state index in [1.54, 1.807) is 7.11 Å².